The van der Waals surface area contributed by atoms with E-state index < -0.39 is 42.4 Å². The number of nitrogens with zero attached hydrogens (tertiary/aromatic N) is 5. The number of amides is 1. The summed E-state index contributed by atoms with van der Waals surface area (Å²) in [5, 5.41) is 50.8. The van der Waals surface area contributed by atoms with Crippen LogP contribution in [0.1, 0.15) is 93.9 Å². The Morgan fingerprint density at radius 3 is 1.06 bits per heavy atom. The molecule has 0 bridgehead atoms. The average molecular weight is 1940 g/mol. The topological polar surface area (TPSA) is 282 Å². The fraction of sp³-hybridized carbons (Fsp3) is 0.302. The van der Waals surface area contributed by atoms with E-state index in [1.54, 1.807) is 59.2 Å². The molecule has 6 N–H and O–H groups in total. The molecule has 9 heterocycles. The van der Waals surface area contributed by atoms with Crippen LogP contribution in [0, 0.1) is 24.3 Å². The van der Waals surface area contributed by atoms with Crippen molar-refractivity contribution >= 4 is 110 Å². The molecule has 4 atom stereocenters. The van der Waals surface area contributed by atoms with E-state index in [1.807, 2.05) is 122 Å². The second-order valence-electron chi connectivity index (χ2n) is 23.8. The fourth-order valence-electron chi connectivity index (χ4n) is 8.56. The maximum atomic E-state index is 11.1. The van der Waals surface area contributed by atoms with Gasteiger partial charge in [-0.1, -0.05) is 151 Å². The number of esters is 2. The minimum Gasteiger partial charge on any atom is -0.460 e. The summed E-state index contributed by atoms with van der Waals surface area (Å²) in [5.74, 6) is -0.992. The Morgan fingerprint density at radius 2 is 0.811 bits per heavy atom. The number of thiophene rings is 4. The van der Waals surface area contributed by atoms with Crippen molar-refractivity contribution in [3.63, 3.8) is 0 Å². The molecule has 12 aromatic rings. The van der Waals surface area contributed by atoms with Gasteiger partial charge in [-0.25, -0.2) is 69.5 Å². The molecule has 8 aromatic heterocycles. The predicted octanol–water partition coefficient (Wildman–Crippen LogP) is 18.2. The van der Waals surface area contributed by atoms with Gasteiger partial charge < -0.3 is 69.7 Å². The smallest absolute Gasteiger partial charge is 0.407 e. The molecule has 19 nitrogen and oxygen atoms in total. The number of benzene rings is 4. The van der Waals surface area contributed by atoms with Crippen LogP contribution in [0.3, 0.4) is 0 Å². The van der Waals surface area contributed by atoms with Crippen molar-refractivity contribution < 1.29 is 104 Å². The molecule has 1 aliphatic rings. The van der Waals surface area contributed by atoms with Gasteiger partial charge in [0.1, 0.15) is 19.8 Å². The number of aliphatic imine (C=N–C) groups is 1. The number of nitrogens with one attached hydrogen (secondary N) is 1. The minimum atomic E-state index is -0.910. The van der Waals surface area contributed by atoms with Crippen LogP contribution in [-0.2, 0) is 73.5 Å². The maximum absolute atomic E-state index is 11.1. The Hall–Kier alpha value is -8.55. The normalized spacial score (nSPS) is 11.5. The first-order valence-corrected chi connectivity index (χ1v) is 38.8. The summed E-state index contributed by atoms with van der Waals surface area (Å²) >= 11 is 6.93. The van der Waals surface area contributed by atoms with Gasteiger partial charge in [0.05, 0.1) is 44.1 Å². The van der Waals surface area contributed by atoms with Crippen molar-refractivity contribution in [1.82, 2.24) is 25.3 Å². The van der Waals surface area contributed by atoms with E-state index >= 15 is 0 Å². The summed E-state index contributed by atoms with van der Waals surface area (Å²) in [6.45, 7) is 23.3. The van der Waals surface area contributed by atoms with Gasteiger partial charge >= 0.3 is 18.0 Å². The van der Waals surface area contributed by atoms with E-state index in [0.717, 1.165) is 55.5 Å². The van der Waals surface area contributed by atoms with E-state index in [2.05, 4.69) is 178 Å². The van der Waals surface area contributed by atoms with Crippen LogP contribution < -0.4 is 5.32 Å². The van der Waals surface area contributed by atoms with Crippen molar-refractivity contribution in [2.45, 2.75) is 118 Å². The van der Waals surface area contributed by atoms with Gasteiger partial charge in [0.15, 0.2) is 0 Å². The predicted molar refractivity (Wildman–Crippen MR) is 443 cm³/mol. The summed E-state index contributed by atoms with van der Waals surface area (Å²) in [6, 6.07) is 70.4. The zero-order valence-electron chi connectivity index (χ0n) is 63.6. The summed E-state index contributed by atoms with van der Waals surface area (Å²) in [6.07, 6.45) is 10.4. The molecule has 596 valence electrons. The number of alkyl carbamates (subject to hydrolysis) is 1. The van der Waals surface area contributed by atoms with Crippen LogP contribution in [0.5, 0.6) is 0 Å². The summed E-state index contributed by atoms with van der Waals surface area (Å²) in [5.41, 5.74) is 4.61. The third-order valence-electron chi connectivity index (χ3n) is 13.5. The molecule has 13 rings (SSSR count). The molecule has 4 aromatic carbocycles. The monoisotopic (exact) mass is 1940 g/mol. The molecule has 0 spiro atoms. The first-order valence-electron chi connectivity index (χ1n) is 35.5. The Bertz CT molecular complexity index is 3980. The first-order chi connectivity index (χ1) is 52.7. The van der Waals surface area contributed by atoms with E-state index in [9.17, 15) is 24.3 Å². The third kappa shape index (κ3) is 41.0. The number of carbonyl (C=O) groups excluding carboxylic acids is 4. The van der Waals surface area contributed by atoms with E-state index in [-0.39, 0.29) is 98.1 Å². The van der Waals surface area contributed by atoms with Crippen LogP contribution >= 0.6 is 45.3 Å². The molecule has 2 radical (unpaired) electrons. The molecule has 1 amide bonds. The van der Waals surface area contributed by atoms with Gasteiger partial charge in [0.25, 0.3) is 0 Å². The Kier molecular flexibility index (Phi) is 52.6. The molecule has 1 aliphatic heterocycles. The number of aliphatic hydroxyl groups is 5. The second-order valence-corrected chi connectivity index (χ2v) is 28.0. The number of carbonyl (C=O) groups is 3. The minimum absolute atomic E-state index is 0. The number of hydrogen-bond donors (Lipinski definition) is 6. The van der Waals surface area contributed by atoms with Crippen LogP contribution in [0.25, 0.3) is 82.6 Å². The molecule has 4 unspecified atom stereocenters. The maximum Gasteiger partial charge on any atom is 0.407 e. The number of ether oxygens (including phenoxy) is 4. The molecular formula is C86H98Ir2N6O13S4-4. The number of aromatic nitrogens is 4. The zero-order chi connectivity index (χ0) is 79.4. The molecule has 1 saturated heterocycles. The van der Waals surface area contributed by atoms with E-state index in [0.29, 0.717) is 5.57 Å². The number of hydrogen-bond acceptors (Lipinski definition) is 22. The molecule has 25 heteroatoms. The van der Waals surface area contributed by atoms with Gasteiger partial charge in [-0.3, -0.25) is 0 Å². The van der Waals surface area contributed by atoms with Gasteiger partial charge in [-0.15, -0.1) is 94.3 Å². The largest absolute Gasteiger partial charge is 0.460 e. The Labute approximate surface area is 695 Å². The molecule has 0 saturated carbocycles. The quantitative estimate of drug-likeness (QED) is 0.00834. The van der Waals surface area contributed by atoms with Crippen molar-refractivity contribution in [3.8, 4) is 42.3 Å². The first kappa shape index (κ1) is 98.5. The van der Waals surface area contributed by atoms with Gasteiger partial charge in [-0.2, -0.15) is 0 Å². The number of fused-ring (bicyclic) bond motifs is 4. The van der Waals surface area contributed by atoms with Crippen molar-refractivity contribution in [2.24, 2.45) is 4.99 Å². The zero-order valence-corrected chi connectivity index (χ0v) is 71.7. The van der Waals surface area contributed by atoms with Crippen LogP contribution in [0.4, 0.5) is 4.79 Å². The number of aliphatic hydroxyl groups excluding tert-OH is 5. The molecule has 1 fully saturated rings. The van der Waals surface area contributed by atoms with Crippen LogP contribution in [-0.4, -0.2) is 147 Å². The standard InChI is InChI=1S/4C13H8NS.C12H21NO6.C7H9NO3.C5H12O3.C4H8O.2C3H8.2Ir/c4*1-2-7-12-10(5-1)9-13(15-12)11-6-3-4-8-14-11;1-8(2)11(16)18-5-4-13-12(17)19-7-10(15)6-9(3)14;1-6(2)7(10)11-4-3-8-5-9;1-4(7)2-5(8)3-6;1-2-4-5-3-1;2*1-3-2;;/h4*1-8H;9-10,14-15H,1,4-7H2,2-3H3,(H,13,17);1,3-4H2,2H3;4-8H,2-3H2,1H3;1-4H2;2*3H2,1-2H3;;/q4*-1;;;;;;;;. The van der Waals surface area contributed by atoms with Crippen LogP contribution in [0.2, 0.25) is 0 Å². The van der Waals surface area contributed by atoms with Crippen molar-refractivity contribution in [2.75, 3.05) is 52.7 Å². The SMILES string of the molecule is C1CCOC1.C=C(C)C(=O)OCCN=C=O.C=C(C)C(=O)OCCNC(=O)OCC(O)CC(C)O.CC(O)CC(O)CO.CCC.CCC.[Ir].[Ir].[c-]1c(-c2ccccn2)sc2ccccc12.[c-]1c(-c2ccccn2)sc2ccccc12.[c-]1c(-c2ccccn2)sc2ccccc12.[c-]1c(-c2ccccn2)sc2ccccc12. The van der Waals surface area contributed by atoms with Gasteiger partial charge in [0, 0.05) is 125 Å². The molecule has 111 heavy (non-hydrogen) atoms. The number of rotatable bonds is 19. The van der Waals surface area contributed by atoms with E-state index in [4.69, 9.17) is 29.9 Å². The second kappa shape index (κ2) is 59.2. The molecule has 0 aliphatic carbocycles. The van der Waals surface area contributed by atoms with Crippen molar-refractivity contribution in [1.29, 1.82) is 0 Å². The Morgan fingerprint density at radius 1 is 0.505 bits per heavy atom. The van der Waals surface area contributed by atoms with E-state index in [1.165, 1.54) is 86.0 Å². The molecular weight excluding hydrogens is 1840 g/mol. The van der Waals surface area contributed by atoms with Crippen LogP contribution in [0.15, 0.2) is 224 Å². The van der Waals surface area contributed by atoms with Crippen molar-refractivity contribution in [3.05, 3.63) is 243 Å². The average Bonchev–Trinajstić information content (AvgIpc) is 1.71. The number of pyridine rings is 4. The van der Waals surface area contributed by atoms with Gasteiger partial charge in [-0.05, 0) is 103 Å². The number of isocyanates is 1. The van der Waals surface area contributed by atoms with Gasteiger partial charge in [0.2, 0.25) is 6.08 Å². The Balaban J connectivity index is 0.000000432. The third-order valence-corrected chi connectivity index (χ3v) is 17.8. The fourth-order valence-corrected chi connectivity index (χ4v) is 12.5. The summed E-state index contributed by atoms with van der Waals surface area (Å²) in [4.78, 5) is 67.2. The summed E-state index contributed by atoms with van der Waals surface area (Å²) < 4.78 is 24.0. The summed E-state index contributed by atoms with van der Waals surface area (Å²) in [7, 11) is 0.